The third-order valence-corrected chi connectivity index (χ3v) is 3.99. The molecule has 0 bridgehead atoms. The van der Waals surface area contributed by atoms with Crippen LogP contribution in [-0.4, -0.2) is 25.2 Å². The van der Waals surface area contributed by atoms with Crippen LogP contribution in [0.25, 0.3) is 11.3 Å². The number of pyridine rings is 1. The Labute approximate surface area is 142 Å². The summed E-state index contributed by atoms with van der Waals surface area (Å²) in [6.07, 6.45) is 0. The molecule has 1 aromatic heterocycles. The molecule has 0 atom stereocenters. The van der Waals surface area contributed by atoms with Gasteiger partial charge in [-0.1, -0.05) is 23.2 Å². The number of halogens is 3. The third-order valence-electron chi connectivity index (χ3n) is 3.31. The molecule has 1 aromatic carbocycles. The van der Waals surface area contributed by atoms with Crippen molar-refractivity contribution < 1.29 is 18.7 Å². The van der Waals surface area contributed by atoms with Crippen molar-refractivity contribution in [2.75, 3.05) is 20.0 Å². The summed E-state index contributed by atoms with van der Waals surface area (Å²) in [5.41, 5.74) is 6.48. The van der Waals surface area contributed by atoms with Crippen molar-refractivity contribution in [1.82, 2.24) is 4.98 Å². The standard InChI is InChI=1S/C15H13Cl2FN2O3/c1-6-11(19)9(17)13(15(21)23-3)20-12(6)7-4-5-8(16)14(22-2)10(7)18/h4-5H,1-3H3,(H2,19,20). The molecule has 0 aliphatic carbocycles. The van der Waals surface area contributed by atoms with Crippen molar-refractivity contribution in [2.45, 2.75) is 6.92 Å². The number of nitrogens with zero attached hydrogens (tertiary/aromatic N) is 1. The first-order valence-corrected chi connectivity index (χ1v) is 7.15. The lowest BCUT2D eigenvalue weighted by molar-refractivity contribution is 0.0594. The number of carbonyl (C=O) groups excluding carboxylic acids is 1. The molecule has 2 aromatic rings. The van der Waals surface area contributed by atoms with Crippen molar-refractivity contribution in [3.63, 3.8) is 0 Å². The molecule has 0 fully saturated rings. The second-order valence-corrected chi connectivity index (χ2v) is 5.38. The first kappa shape index (κ1) is 17.3. The van der Waals surface area contributed by atoms with Crippen LogP contribution in [0.3, 0.4) is 0 Å². The molecule has 0 saturated carbocycles. The lowest BCUT2D eigenvalue weighted by atomic mass is 10.0. The summed E-state index contributed by atoms with van der Waals surface area (Å²) in [5, 5.41) is 0.0703. The predicted octanol–water partition coefficient (Wildman–Crippen LogP) is 3.88. The van der Waals surface area contributed by atoms with Crippen molar-refractivity contribution in [1.29, 1.82) is 0 Å². The van der Waals surface area contributed by atoms with Gasteiger partial charge in [0.15, 0.2) is 17.3 Å². The number of ether oxygens (including phenoxy) is 2. The minimum atomic E-state index is -0.774. The largest absolute Gasteiger partial charge is 0.492 e. The summed E-state index contributed by atoms with van der Waals surface area (Å²) in [6, 6.07) is 2.88. The second kappa shape index (κ2) is 6.60. The fourth-order valence-corrected chi connectivity index (χ4v) is 2.55. The topological polar surface area (TPSA) is 74.4 Å². The maximum absolute atomic E-state index is 14.6. The molecule has 0 spiro atoms. The predicted molar refractivity (Wildman–Crippen MR) is 86.7 cm³/mol. The zero-order valence-corrected chi connectivity index (χ0v) is 14.0. The van der Waals surface area contributed by atoms with Crippen LogP contribution in [-0.2, 0) is 4.74 Å². The lowest BCUT2D eigenvalue weighted by Gasteiger charge is -2.14. The van der Waals surface area contributed by atoms with E-state index in [2.05, 4.69) is 9.72 Å². The van der Waals surface area contributed by atoms with Gasteiger partial charge in [-0.05, 0) is 24.6 Å². The van der Waals surface area contributed by atoms with Gasteiger partial charge < -0.3 is 15.2 Å². The maximum atomic E-state index is 14.6. The van der Waals surface area contributed by atoms with Crippen LogP contribution in [0.4, 0.5) is 10.1 Å². The molecule has 1 heterocycles. The van der Waals surface area contributed by atoms with Crippen molar-refractivity contribution in [3.05, 3.63) is 39.3 Å². The molecule has 2 N–H and O–H groups in total. The molecular formula is C15H13Cl2FN2O3. The van der Waals surface area contributed by atoms with Crippen molar-refractivity contribution in [3.8, 4) is 17.0 Å². The quantitative estimate of drug-likeness (QED) is 0.842. The summed E-state index contributed by atoms with van der Waals surface area (Å²) in [5.74, 6) is -1.61. The summed E-state index contributed by atoms with van der Waals surface area (Å²) in [4.78, 5) is 15.9. The number of hydrogen-bond acceptors (Lipinski definition) is 5. The zero-order valence-electron chi connectivity index (χ0n) is 12.5. The Morgan fingerprint density at radius 1 is 1.30 bits per heavy atom. The summed E-state index contributed by atoms with van der Waals surface area (Å²) in [6.45, 7) is 1.62. The van der Waals surface area contributed by atoms with Gasteiger partial charge in [-0.15, -0.1) is 0 Å². The number of methoxy groups -OCH3 is 2. The highest BCUT2D eigenvalue weighted by Gasteiger charge is 2.23. The number of carbonyl (C=O) groups is 1. The van der Waals surface area contributed by atoms with E-state index in [1.807, 2.05) is 0 Å². The van der Waals surface area contributed by atoms with Crippen LogP contribution in [0.2, 0.25) is 10.0 Å². The van der Waals surface area contributed by atoms with E-state index in [1.165, 1.54) is 26.4 Å². The second-order valence-electron chi connectivity index (χ2n) is 4.60. The molecule has 5 nitrogen and oxygen atoms in total. The maximum Gasteiger partial charge on any atom is 0.358 e. The highest BCUT2D eigenvalue weighted by atomic mass is 35.5. The van der Waals surface area contributed by atoms with Gasteiger partial charge in [-0.25, -0.2) is 14.2 Å². The van der Waals surface area contributed by atoms with E-state index in [0.717, 1.165) is 0 Å². The molecule has 0 aliphatic rings. The minimum Gasteiger partial charge on any atom is -0.492 e. The van der Waals surface area contributed by atoms with Crippen molar-refractivity contribution >= 4 is 34.9 Å². The van der Waals surface area contributed by atoms with Gasteiger partial charge in [0.05, 0.1) is 35.6 Å². The van der Waals surface area contributed by atoms with E-state index in [0.29, 0.717) is 5.56 Å². The number of nitrogen functional groups attached to an aromatic ring is 1. The number of nitrogens with two attached hydrogens (primary N) is 1. The summed E-state index contributed by atoms with van der Waals surface area (Å²) in [7, 11) is 2.48. The van der Waals surface area contributed by atoms with Crippen LogP contribution < -0.4 is 10.5 Å². The van der Waals surface area contributed by atoms with Gasteiger partial charge in [-0.3, -0.25) is 0 Å². The molecule has 2 rings (SSSR count). The Hall–Kier alpha value is -2.05. The Bertz CT molecular complexity index is 797. The zero-order chi connectivity index (χ0) is 17.3. The smallest absolute Gasteiger partial charge is 0.358 e. The van der Waals surface area contributed by atoms with Crippen LogP contribution in [0.1, 0.15) is 16.1 Å². The highest BCUT2D eigenvalue weighted by molar-refractivity contribution is 6.36. The van der Waals surface area contributed by atoms with Gasteiger partial charge >= 0.3 is 5.97 Å². The molecule has 8 heteroatoms. The van der Waals surface area contributed by atoms with E-state index in [4.69, 9.17) is 33.7 Å². The van der Waals surface area contributed by atoms with Gasteiger partial charge in [0.2, 0.25) is 0 Å². The Balaban J connectivity index is 2.79. The number of rotatable bonds is 3. The fraction of sp³-hybridized carbons (Fsp3) is 0.200. The number of anilines is 1. The average Bonchev–Trinajstić information content (AvgIpc) is 2.53. The molecule has 0 amide bonds. The highest BCUT2D eigenvalue weighted by Crippen LogP contribution is 2.38. The fourth-order valence-electron chi connectivity index (χ4n) is 2.06. The first-order chi connectivity index (χ1) is 10.8. The molecule has 23 heavy (non-hydrogen) atoms. The number of esters is 1. The van der Waals surface area contributed by atoms with Gasteiger partial charge in [-0.2, -0.15) is 0 Å². The number of benzene rings is 1. The van der Waals surface area contributed by atoms with Crippen molar-refractivity contribution in [2.24, 2.45) is 0 Å². The van der Waals surface area contributed by atoms with Gasteiger partial charge in [0.25, 0.3) is 0 Å². The molecule has 0 saturated heterocycles. The van der Waals surface area contributed by atoms with Crippen LogP contribution in [0.15, 0.2) is 12.1 Å². The SMILES string of the molecule is COC(=O)c1nc(-c2ccc(Cl)c(OC)c2F)c(C)c(N)c1Cl. The average molecular weight is 359 g/mol. The van der Waals surface area contributed by atoms with E-state index >= 15 is 0 Å². The summed E-state index contributed by atoms with van der Waals surface area (Å²) < 4.78 is 24.2. The van der Waals surface area contributed by atoms with E-state index in [9.17, 15) is 9.18 Å². The van der Waals surface area contributed by atoms with E-state index in [-0.39, 0.29) is 38.4 Å². The Kier molecular flexibility index (Phi) is 4.97. The van der Waals surface area contributed by atoms with Crippen LogP contribution in [0, 0.1) is 12.7 Å². The third kappa shape index (κ3) is 2.92. The first-order valence-electron chi connectivity index (χ1n) is 6.39. The molecule has 0 aliphatic heterocycles. The summed E-state index contributed by atoms with van der Waals surface area (Å²) >= 11 is 11.9. The lowest BCUT2D eigenvalue weighted by Crippen LogP contribution is -2.10. The van der Waals surface area contributed by atoms with Crippen LogP contribution in [0.5, 0.6) is 5.75 Å². The molecule has 0 radical (unpaired) electrons. The van der Waals surface area contributed by atoms with E-state index in [1.54, 1.807) is 6.92 Å². The monoisotopic (exact) mass is 358 g/mol. The van der Waals surface area contributed by atoms with Crippen LogP contribution >= 0.6 is 23.2 Å². The number of aromatic nitrogens is 1. The normalized spacial score (nSPS) is 10.5. The molecular weight excluding hydrogens is 346 g/mol. The minimum absolute atomic E-state index is 0.0422. The van der Waals surface area contributed by atoms with Gasteiger partial charge in [0, 0.05) is 5.56 Å². The Morgan fingerprint density at radius 2 is 1.96 bits per heavy atom. The molecule has 122 valence electrons. The van der Waals surface area contributed by atoms with Gasteiger partial charge in [0.1, 0.15) is 0 Å². The number of hydrogen-bond donors (Lipinski definition) is 1. The van der Waals surface area contributed by atoms with E-state index < -0.39 is 11.8 Å². The Morgan fingerprint density at radius 3 is 2.52 bits per heavy atom. The molecule has 0 unspecified atom stereocenters.